The summed E-state index contributed by atoms with van der Waals surface area (Å²) >= 11 is 3.08. The first kappa shape index (κ1) is 12.8. The lowest BCUT2D eigenvalue weighted by molar-refractivity contribution is 0.101. The van der Waals surface area contributed by atoms with Crippen molar-refractivity contribution in [1.29, 1.82) is 0 Å². The van der Waals surface area contributed by atoms with Gasteiger partial charge in [-0.25, -0.2) is 4.39 Å². The summed E-state index contributed by atoms with van der Waals surface area (Å²) < 4.78 is 15.2. The van der Waals surface area contributed by atoms with Crippen LogP contribution in [0.3, 0.4) is 0 Å². The van der Waals surface area contributed by atoms with Gasteiger partial charge in [-0.3, -0.25) is 14.9 Å². The van der Waals surface area contributed by atoms with Crippen molar-refractivity contribution in [3.63, 3.8) is 0 Å². The molecule has 1 amide bonds. The summed E-state index contributed by atoms with van der Waals surface area (Å²) in [7, 11) is 0. The first-order valence-corrected chi connectivity index (χ1v) is 6.20. The first-order valence-electron chi connectivity index (χ1n) is 5.41. The van der Waals surface area contributed by atoms with Crippen molar-refractivity contribution in [3.8, 4) is 0 Å². The predicted octanol–water partition coefficient (Wildman–Crippen LogP) is 3.39. The van der Waals surface area contributed by atoms with E-state index in [9.17, 15) is 9.18 Å². The average molecular weight is 311 g/mol. The highest BCUT2D eigenvalue weighted by Crippen LogP contribution is 2.20. The average Bonchev–Trinajstić information content (AvgIpc) is 2.64. The van der Waals surface area contributed by atoms with Crippen molar-refractivity contribution in [3.05, 3.63) is 57.6 Å². The lowest BCUT2D eigenvalue weighted by atomic mass is 10.2. The lowest BCUT2D eigenvalue weighted by Crippen LogP contribution is -2.25. The Labute approximate surface area is 113 Å². The molecule has 0 saturated heterocycles. The molecule has 94 valence electrons. The number of rotatable bonds is 2. The summed E-state index contributed by atoms with van der Waals surface area (Å²) in [5.41, 5.74) is 4.81. The minimum atomic E-state index is -0.455. The SMILES string of the molecule is Cc1ccc(C)n1NC(=O)c1cccc(F)c1Br. The molecule has 1 aromatic carbocycles. The monoisotopic (exact) mass is 310 g/mol. The molecule has 0 radical (unpaired) electrons. The Kier molecular flexibility index (Phi) is 3.52. The number of benzene rings is 1. The molecule has 5 heteroatoms. The molecule has 2 rings (SSSR count). The fourth-order valence-electron chi connectivity index (χ4n) is 1.69. The Morgan fingerprint density at radius 1 is 1.22 bits per heavy atom. The van der Waals surface area contributed by atoms with Crippen LogP contribution in [0.1, 0.15) is 21.7 Å². The number of hydrogen-bond acceptors (Lipinski definition) is 1. The van der Waals surface area contributed by atoms with Crippen molar-refractivity contribution in [2.45, 2.75) is 13.8 Å². The number of aryl methyl sites for hydroxylation is 2. The van der Waals surface area contributed by atoms with Gasteiger partial charge in [0.05, 0.1) is 10.0 Å². The van der Waals surface area contributed by atoms with Crippen LogP contribution >= 0.6 is 15.9 Å². The van der Waals surface area contributed by atoms with Gasteiger partial charge in [0.15, 0.2) is 0 Å². The molecule has 0 saturated carbocycles. The Morgan fingerprint density at radius 3 is 2.44 bits per heavy atom. The molecular weight excluding hydrogens is 299 g/mol. The molecule has 0 bridgehead atoms. The van der Waals surface area contributed by atoms with Gasteiger partial charge in [-0.05, 0) is 54.0 Å². The molecule has 0 unspecified atom stereocenters. The molecule has 18 heavy (non-hydrogen) atoms. The molecule has 1 N–H and O–H groups in total. The van der Waals surface area contributed by atoms with Crippen LogP contribution in [0.25, 0.3) is 0 Å². The largest absolute Gasteiger partial charge is 0.271 e. The van der Waals surface area contributed by atoms with Crippen molar-refractivity contribution in [2.24, 2.45) is 0 Å². The van der Waals surface area contributed by atoms with Crippen LogP contribution in [0.4, 0.5) is 4.39 Å². The van der Waals surface area contributed by atoms with E-state index in [2.05, 4.69) is 21.4 Å². The second-order valence-corrected chi connectivity index (χ2v) is 4.79. The van der Waals surface area contributed by atoms with Gasteiger partial charge in [0.25, 0.3) is 5.91 Å². The number of hydrogen-bond donors (Lipinski definition) is 1. The van der Waals surface area contributed by atoms with Gasteiger partial charge >= 0.3 is 0 Å². The molecule has 0 aliphatic carbocycles. The fourth-order valence-corrected chi connectivity index (χ4v) is 2.13. The summed E-state index contributed by atoms with van der Waals surface area (Å²) in [6, 6.07) is 8.17. The van der Waals surface area contributed by atoms with Crippen molar-refractivity contribution < 1.29 is 9.18 Å². The Morgan fingerprint density at radius 2 is 1.83 bits per heavy atom. The van der Waals surface area contributed by atoms with Crippen LogP contribution in [0, 0.1) is 19.7 Å². The lowest BCUT2D eigenvalue weighted by Gasteiger charge is -2.12. The Hall–Kier alpha value is -1.62. The maximum atomic E-state index is 13.3. The number of aromatic nitrogens is 1. The van der Waals surface area contributed by atoms with E-state index in [0.717, 1.165) is 11.4 Å². The van der Waals surface area contributed by atoms with Gasteiger partial charge in [0.2, 0.25) is 0 Å². The van der Waals surface area contributed by atoms with Crippen LogP contribution < -0.4 is 5.43 Å². The van der Waals surface area contributed by atoms with E-state index in [0.29, 0.717) is 0 Å². The Balaban J connectivity index is 2.31. The number of carbonyl (C=O) groups is 1. The maximum Gasteiger partial charge on any atom is 0.271 e. The molecule has 2 aromatic rings. The summed E-state index contributed by atoms with van der Waals surface area (Å²) in [6.07, 6.45) is 0. The summed E-state index contributed by atoms with van der Waals surface area (Å²) in [6.45, 7) is 3.77. The van der Waals surface area contributed by atoms with E-state index in [-0.39, 0.29) is 15.9 Å². The number of halogens is 2. The summed E-state index contributed by atoms with van der Waals surface area (Å²) in [5.74, 6) is -0.813. The van der Waals surface area contributed by atoms with E-state index in [1.807, 2.05) is 26.0 Å². The molecule has 3 nitrogen and oxygen atoms in total. The van der Waals surface area contributed by atoms with E-state index < -0.39 is 5.82 Å². The number of nitrogens with one attached hydrogen (secondary N) is 1. The van der Waals surface area contributed by atoms with Gasteiger partial charge in [-0.2, -0.15) is 0 Å². The molecule has 0 atom stereocenters. The van der Waals surface area contributed by atoms with Crippen LogP contribution in [-0.4, -0.2) is 10.6 Å². The van der Waals surface area contributed by atoms with Crippen LogP contribution in [0.15, 0.2) is 34.8 Å². The van der Waals surface area contributed by atoms with E-state index in [1.54, 1.807) is 10.7 Å². The molecular formula is C13H12BrFN2O. The highest BCUT2D eigenvalue weighted by atomic mass is 79.9. The normalized spacial score (nSPS) is 10.4. The molecule has 1 heterocycles. The fraction of sp³-hybridized carbons (Fsp3) is 0.154. The van der Waals surface area contributed by atoms with Crippen molar-refractivity contribution in [2.75, 3.05) is 5.43 Å². The second-order valence-electron chi connectivity index (χ2n) is 3.99. The molecule has 0 aliphatic rings. The summed E-state index contributed by atoms with van der Waals surface area (Å²) in [4.78, 5) is 12.1. The zero-order valence-corrected chi connectivity index (χ0v) is 11.6. The summed E-state index contributed by atoms with van der Waals surface area (Å²) in [5, 5.41) is 0. The zero-order valence-electron chi connectivity index (χ0n) is 10.00. The zero-order chi connectivity index (χ0) is 13.3. The van der Waals surface area contributed by atoms with Crippen molar-refractivity contribution >= 4 is 21.8 Å². The van der Waals surface area contributed by atoms with Crippen LogP contribution in [0.2, 0.25) is 0 Å². The number of carbonyl (C=O) groups excluding carboxylic acids is 1. The number of amides is 1. The minimum Gasteiger partial charge on any atom is -0.267 e. The van der Waals surface area contributed by atoms with E-state index in [1.165, 1.54) is 12.1 Å². The first-order chi connectivity index (χ1) is 8.50. The van der Waals surface area contributed by atoms with Gasteiger partial charge in [0, 0.05) is 11.4 Å². The Bertz CT molecular complexity index is 588. The molecule has 0 spiro atoms. The third-order valence-corrected chi connectivity index (χ3v) is 3.49. The van der Waals surface area contributed by atoms with E-state index in [4.69, 9.17) is 0 Å². The third-order valence-electron chi connectivity index (χ3n) is 2.68. The van der Waals surface area contributed by atoms with Gasteiger partial charge < -0.3 is 0 Å². The van der Waals surface area contributed by atoms with Crippen molar-refractivity contribution in [1.82, 2.24) is 4.68 Å². The second kappa shape index (κ2) is 4.94. The predicted molar refractivity (Wildman–Crippen MR) is 71.7 cm³/mol. The standard InChI is InChI=1S/C13H12BrFN2O/c1-8-6-7-9(2)17(8)16-13(18)10-4-3-5-11(15)12(10)14/h3-7H,1-2H3,(H,16,18). The molecule has 1 aromatic heterocycles. The quantitative estimate of drug-likeness (QED) is 0.906. The van der Waals surface area contributed by atoms with E-state index >= 15 is 0 Å². The molecule has 0 aliphatic heterocycles. The maximum absolute atomic E-state index is 13.3. The highest BCUT2D eigenvalue weighted by molar-refractivity contribution is 9.10. The number of nitrogens with zero attached hydrogens (tertiary/aromatic N) is 1. The van der Waals surface area contributed by atoms with Gasteiger partial charge in [-0.1, -0.05) is 6.07 Å². The topological polar surface area (TPSA) is 34.0 Å². The highest BCUT2D eigenvalue weighted by Gasteiger charge is 2.14. The van der Waals surface area contributed by atoms with Gasteiger partial charge in [0.1, 0.15) is 5.82 Å². The smallest absolute Gasteiger partial charge is 0.267 e. The van der Waals surface area contributed by atoms with Crippen LogP contribution in [-0.2, 0) is 0 Å². The molecule has 0 fully saturated rings. The van der Waals surface area contributed by atoms with Gasteiger partial charge in [-0.15, -0.1) is 0 Å². The van der Waals surface area contributed by atoms with Crippen LogP contribution in [0.5, 0.6) is 0 Å². The minimum absolute atomic E-state index is 0.171. The third kappa shape index (κ3) is 2.31.